The molecule has 1 atom stereocenters. The van der Waals surface area contributed by atoms with Crippen LogP contribution in [0.4, 0.5) is 13.2 Å². The summed E-state index contributed by atoms with van der Waals surface area (Å²) >= 11 is 0. The van der Waals surface area contributed by atoms with Crippen LogP contribution in [-0.4, -0.2) is 30.2 Å². The van der Waals surface area contributed by atoms with E-state index in [2.05, 4.69) is 6.07 Å². The molecule has 5 heteroatoms. The Labute approximate surface area is 81.3 Å². The minimum Gasteiger partial charge on any atom is -0.288 e. The number of hydrogen-bond acceptors (Lipinski definition) is 2. The average molecular weight is 206 g/mol. The molecule has 1 unspecified atom stereocenters. The van der Waals surface area contributed by atoms with Gasteiger partial charge < -0.3 is 0 Å². The van der Waals surface area contributed by atoms with Crippen molar-refractivity contribution in [2.24, 2.45) is 0 Å². The first kappa shape index (κ1) is 11.3. The lowest BCUT2D eigenvalue weighted by molar-refractivity contribution is -0.136. The number of nitrogens with zero attached hydrogens (tertiary/aromatic N) is 2. The number of likely N-dealkylation sites (tertiary alicyclic amines) is 1. The molecule has 0 saturated carbocycles. The van der Waals surface area contributed by atoms with E-state index in [1.165, 1.54) is 0 Å². The number of hydrogen-bond donors (Lipinski definition) is 0. The van der Waals surface area contributed by atoms with Gasteiger partial charge in [0.05, 0.1) is 12.1 Å². The van der Waals surface area contributed by atoms with Crippen LogP contribution in [0.5, 0.6) is 0 Å². The molecule has 14 heavy (non-hydrogen) atoms. The summed E-state index contributed by atoms with van der Waals surface area (Å²) in [6, 6.07) is 1.94. The van der Waals surface area contributed by atoms with Gasteiger partial charge in [0.1, 0.15) is 0 Å². The van der Waals surface area contributed by atoms with Crippen LogP contribution < -0.4 is 0 Å². The Hall–Kier alpha value is -0.760. The molecule has 0 spiro atoms. The Balaban J connectivity index is 2.22. The lowest BCUT2D eigenvalue weighted by Crippen LogP contribution is -2.29. The monoisotopic (exact) mass is 206 g/mol. The maximum atomic E-state index is 11.8. The Morgan fingerprint density at radius 3 is 2.71 bits per heavy atom. The lowest BCUT2D eigenvalue weighted by atomic mass is 10.2. The molecule has 1 rings (SSSR count). The van der Waals surface area contributed by atoms with Crippen LogP contribution in [0.15, 0.2) is 0 Å². The summed E-state index contributed by atoms with van der Waals surface area (Å²) in [4.78, 5) is 1.84. The van der Waals surface area contributed by atoms with Crippen molar-refractivity contribution in [1.29, 1.82) is 5.26 Å². The number of alkyl halides is 3. The molecule has 1 aliphatic heterocycles. The molecule has 1 aliphatic rings. The fraction of sp³-hybridized carbons (Fsp3) is 0.889. The van der Waals surface area contributed by atoms with Crippen LogP contribution in [0.1, 0.15) is 25.7 Å². The smallest absolute Gasteiger partial charge is 0.288 e. The molecule has 1 fully saturated rings. The van der Waals surface area contributed by atoms with Gasteiger partial charge in [-0.25, -0.2) is 0 Å². The quantitative estimate of drug-likeness (QED) is 0.708. The van der Waals surface area contributed by atoms with Crippen molar-refractivity contribution in [3.8, 4) is 6.07 Å². The van der Waals surface area contributed by atoms with Gasteiger partial charge in [-0.1, -0.05) is 0 Å². The minimum absolute atomic E-state index is 0.0989. The molecule has 0 N–H and O–H groups in total. The summed E-state index contributed by atoms with van der Waals surface area (Å²) < 4.78 is 35.5. The molecule has 0 aromatic rings. The molecule has 80 valence electrons. The van der Waals surface area contributed by atoms with Crippen molar-refractivity contribution < 1.29 is 13.2 Å². The summed E-state index contributed by atoms with van der Waals surface area (Å²) in [5.74, 6) is 0. The van der Waals surface area contributed by atoms with Crippen molar-refractivity contribution >= 4 is 0 Å². The topological polar surface area (TPSA) is 27.0 Å². The predicted molar refractivity (Wildman–Crippen MR) is 45.5 cm³/mol. The summed E-state index contributed by atoms with van der Waals surface area (Å²) in [7, 11) is 0. The first-order valence-corrected chi connectivity index (χ1v) is 4.73. The number of halogens is 3. The molecule has 0 bridgehead atoms. The molecule has 0 aliphatic carbocycles. The van der Waals surface area contributed by atoms with Crippen molar-refractivity contribution in [3.63, 3.8) is 0 Å². The van der Waals surface area contributed by atoms with Crippen molar-refractivity contribution in [2.75, 3.05) is 13.1 Å². The minimum atomic E-state index is -4.07. The zero-order chi connectivity index (χ0) is 10.6. The van der Waals surface area contributed by atoms with Gasteiger partial charge in [0.2, 0.25) is 0 Å². The summed E-state index contributed by atoms with van der Waals surface area (Å²) in [6.07, 6.45) is -3.00. The van der Waals surface area contributed by atoms with Gasteiger partial charge in [0, 0.05) is 6.42 Å². The molecular weight excluding hydrogens is 193 g/mol. The maximum absolute atomic E-state index is 11.8. The fourth-order valence-corrected chi connectivity index (χ4v) is 1.72. The number of nitriles is 1. The normalized spacial score (nSPS) is 23.7. The Kier molecular flexibility index (Phi) is 3.76. The van der Waals surface area contributed by atoms with E-state index in [1.807, 2.05) is 4.90 Å². The third kappa shape index (κ3) is 3.54. The Bertz CT molecular complexity index is 219. The second kappa shape index (κ2) is 4.65. The van der Waals surface area contributed by atoms with E-state index in [4.69, 9.17) is 5.26 Å². The summed E-state index contributed by atoms with van der Waals surface area (Å²) in [6.45, 7) is 1.15. The van der Waals surface area contributed by atoms with E-state index in [9.17, 15) is 13.2 Å². The van der Waals surface area contributed by atoms with Crippen LogP contribution >= 0.6 is 0 Å². The zero-order valence-electron chi connectivity index (χ0n) is 7.85. The van der Waals surface area contributed by atoms with E-state index in [1.54, 1.807) is 0 Å². The molecule has 0 aromatic heterocycles. The Morgan fingerprint density at radius 2 is 2.14 bits per heavy atom. The van der Waals surface area contributed by atoms with Crippen LogP contribution in [0.2, 0.25) is 0 Å². The van der Waals surface area contributed by atoms with Crippen molar-refractivity contribution in [2.45, 2.75) is 37.9 Å². The third-order valence-electron chi connectivity index (χ3n) is 2.42. The highest BCUT2D eigenvalue weighted by atomic mass is 19.4. The average Bonchev–Trinajstić information content (AvgIpc) is 2.49. The van der Waals surface area contributed by atoms with Crippen LogP contribution in [0.3, 0.4) is 0 Å². The molecule has 0 amide bonds. The van der Waals surface area contributed by atoms with Gasteiger partial charge >= 0.3 is 6.18 Å². The summed E-state index contributed by atoms with van der Waals surface area (Å²) in [5, 5.41) is 8.68. The van der Waals surface area contributed by atoms with Crippen LogP contribution in [0, 0.1) is 11.3 Å². The molecule has 1 saturated heterocycles. The van der Waals surface area contributed by atoms with Crippen molar-refractivity contribution in [1.82, 2.24) is 4.90 Å². The molecule has 0 aromatic carbocycles. The summed E-state index contributed by atoms with van der Waals surface area (Å²) in [5.41, 5.74) is 0. The second-order valence-electron chi connectivity index (χ2n) is 3.54. The SMILES string of the molecule is N#CC1CCCN1CCCC(F)(F)F. The first-order chi connectivity index (χ1) is 6.53. The predicted octanol–water partition coefficient (Wildman–Crippen LogP) is 2.32. The number of rotatable bonds is 3. The molecule has 1 heterocycles. The van der Waals surface area contributed by atoms with Crippen LogP contribution in [0.25, 0.3) is 0 Å². The maximum Gasteiger partial charge on any atom is 0.389 e. The highest BCUT2D eigenvalue weighted by Gasteiger charge is 2.28. The zero-order valence-corrected chi connectivity index (χ0v) is 7.85. The highest BCUT2D eigenvalue weighted by Crippen LogP contribution is 2.23. The van der Waals surface area contributed by atoms with Gasteiger partial charge in [-0.05, 0) is 32.4 Å². The van der Waals surface area contributed by atoms with E-state index < -0.39 is 12.6 Å². The van der Waals surface area contributed by atoms with E-state index in [-0.39, 0.29) is 12.5 Å². The largest absolute Gasteiger partial charge is 0.389 e. The third-order valence-corrected chi connectivity index (χ3v) is 2.42. The van der Waals surface area contributed by atoms with Gasteiger partial charge in [0.25, 0.3) is 0 Å². The van der Waals surface area contributed by atoms with Crippen LogP contribution in [-0.2, 0) is 0 Å². The molecular formula is C9H13F3N2. The Morgan fingerprint density at radius 1 is 1.43 bits per heavy atom. The first-order valence-electron chi connectivity index (χ1n) is 4.73. The van der Waals surface area contributed by atoms with E-state index in [0.29, 0.717) is 6.54 Å². The van der Waals surface area contributed by atoms with Gasteiger partial charge in [-0.2, -0.15) is 18.4 Å². The second-order valence-corrected chi connectivity index (χ2v) is 3.54. The van der Waals surface area contributed by atoms with Gasteiger partial charge in [0.15, 0.2) is 0 Å². The van der Waals surface area contributed by atoms with Gasteiger partial charge in [-0.3, -0.25) is 4.90 Å². The van der Waals surface area contributed by atoms with Crippen molar-refractivity contribution in [3.05, 3.63) is 0 Å². The highest BCUT2D eigenvalue weighted by molar-refractivity contribution is 4.95. The molecule has 0 radical (unpaired) electrons. The van der Waals surface area contributed by atoms with Gasteiger partial charge in [-0.15, -0.1) is 0 Å². The molecule has 2 nitrogen and oxygen atoms in total. The van der Waals surface area contributed by atoms with E-state index in [0.717, 1.165) is 19.4 Å². The lowest BCUT2D eigenvalue weighted by Gasteiger charge is -2.18. The fourth-order valence-electron chi connectivity index (χ4n) is 1.72. The standard InChI is InChI=1S/C9H13F3N2/c10-9(11,12)4-2-6-14-5-1-3-8(14)7-13/h8H,1-6H2. The van der Waals surface area contributed by atoms with E-state index >= 15 is 0 Å².